The van der Waals surface area contributed by atoms with Crippen molar-refractivity contribution in [3.05, 3.63) is 90.0 Å². The average molecular weight is 317 g/mol. The van der Waals surface area contributed by atoms with Crippen molar-refractivity contribution in [2.75, 3.05) is 7.05 Å². The molecule has 3 nitrogen and oxygen atoms in total. The van der Waals surface area contributed by atoms with Crippen LogP contribution in [0.5, 0.6) is 5.75 Å². The predicted octanol–water partition coefficient (Wildman–Crippen LogP) is 4.33. The Hall–Kier alpha value is -3.07. The predicted molar refractivity (Wildman–Crippen MR) is 95.8 cm³/mol. The number of amides is 1. The molecule has 0 aliphatic rings. The third-order valence-electron chi connectivity index (χ3n) is 3.98. The first-order valence-corrected chi connectivity index (χ1v) is 7.83. The lowest BCUT2D eigenvalue weighted by Gasteiger charge is -2.18. The van der Waals surface area contributed by atoms with E-state index in [1.807, 2.05) is 66.7 Å². The van der Waals surface area contributed by atoms with Crippen molar-refractivity contribution in [2.24, 2.45) is 0 Å². The Morgan fingerprint density at radius 2 is 1.42 bits per heavy atom. The summed E-state index contributed by atoms with van der Waals surface area (Å²) in [6, 6.07) is 24.7. The number of phenols is 1. The molecule has 3 aromatic rings. The zero-order chi connectivity index (χ0) is 16.9. The maximum absolute atomic E-state index is 12.6. The fourth-order valence-electron chi connectivity index (χ4n) is 2.63. The monoisotopic (exact) mass is 317 g/mol. The Morgan fingerprint density at radius 1 is 0.833 bits per heavy atom. The fraction of sp³-hybridized carbons (Fsp3) is 0.0952. The lowest BCUT2D eigenvalue weighted by molar-refractivity contribution is 0.0784. The van der Waals surface area contributed by atoms with Crippen LogP contribution in [0.1, 0.15) is 15.9 Å². The zero-order valence-corrected chi connectivity index (χ0v) is 13.5. The Labute approximate surface area is 141 Å². The molecule has 0 aromatic heterocycles. The lowest BCUT2D eigenvalue weighted by Crippen LogP contribution is -2.26. The minimum absolute atomic E-state index is 0.0714. The summed E-state index contributed by atoms with van der Waals surface area (Å²) in [7, 11) is 1.74. The van der Waals surface area contributed by atoms with Gasteiger partial charge in [-0.3, -0.25) is 4.79 Å². The van der Waals surface area contributed by atoms with Crippen LogP contribution >= 0.6 is 0 Å². The summed E-state index contributed by atoms with van der Waals surface area (Å²) in [6.07, 6.45) is 0. The molecule has 24 heavy (non-hydrogen) atoms. The van der Waals surface area contributed by atoms with Gasteiger partial charge in [-0.05, 0) is 29.3 Å². The summed E-state index contributed by atoms with van der Waals surface area (Å²) in [4.78, 5) is 14.2. The van der Waals surface area contributed by atoms with Gasteiger partial charge in [0.25, 0.3) is 5.91 Å². The standard InChI is InChI=1S/C21H19NO2/c1-22(15-19-9-5-6-10-20(19)23)21(24)18-13-11-17(12-14-18)16-7-3-2-4-8-16/h2-14,23H,15H2,1H3. The first kappa shape index (κ1) is 15.8. The van der Waals surface area contributed by atoms with Gasteiger partial charge in [-0.1, -0.05) is 60.7 Å². The molecule has 0 atom stereocenters. The fourth-order valence-corrected chi connectivity index (χ4v) is 2.63. The summed E-state index contributed by atoms with van der Waals surface area (Å²) in [5, 5.41) is 9.84. The Balaban J connectivity index is 1.74. The van der Waals surface area contributed by atoms with E-state index in [0.29, 0.717) is 12.1 Å². The van der Waals surface area contributed by atoms with Crippen molar-refractivity contribution < 1.29 is 9.90 Å². The minimum atomic E-state index is -0.0714. The SMILES string of the molecule is CN(Cc1ccccc1O)C(=O)c1ccc(-c2ccccc2)cc1. The van der Waals surface area contributed by atoms with E-state index in [1.54, 1.807) is 24.1 Å². The van der Waals surface area contributed by atoms with Gasteiger partial charge in [-0.25, -0.2) is 0 Å². The minimum Gasteiger partial charge on any atom is -0.508 e. The lowest BCUT2D eigenvalue weighted by atomic mass is 10.0. The normalized spacial score (nSPS) is 10.4. The number of para-hydroxylation sites is 1. The summed E-state index contributed by atoms with van der Waals surface area (Å²) >= 11 is 0. The van der Waals surface area contributed by atoms with Gasteiger partial charge in [0, 0.05) is 24.7 Å². The quantitative estimate of drug-likeness (QED) is 0.778. The second kappa shape index (κ2) is 7.01. The van der Waals surface area contributed by atoms with E-state index in [1.165, 1.54) is 0 Å². The third kappa shape index (κ3) is 3.46. The van der Waals surface area contributed by atoms with Crippen LogP contribution in [-0.2, 0) is 6.54 Å². The molecule has 1 amide bonds. The van der Waals surface area contributed by atoms with Crippen LogP contribution < -0.4 is 0 Å². The van der Waals surface area contributed by atoms with Gasteiger partial charge in [0.15, 0.2) is 0 Å². The molecule has 0 saturated carbocycles. The van der Waals surface area contributed by atoms with Gasteiger partial charge in [0.1, 0.15) is 5.75 Å². The van der Waals surface area contributed by atoms with Gasteiger partial charge in [0.05, 0.1) is 0 Å². The van der Waals surface area contributed by atoms with Crippen molar-refractivity contribution in [3.63, 3.8) is 0 Å². The second-order valence-corrected chi connectivity index (χ2v) is 5.73. The van der Waals surface area contributed by atoms with Crippen LogP contribution in [0, 0.1) is 0 Å². The molecule has 3 aromatic carbocycles. The van der Waals surface area contributed by atoms with E-state index >= 15 is 0 Å². The van der Waals surface area contributed by atoms with E-state index in [9.17, 15) is 9.90 Å². The number of carbonyl (C=O) groups excluding carboxylic acids is 1. The van der Waals surface area contributed by atoms with Crippen molar-refractivity contribution in [3.8, 4) is 16.9 Å². The van der Waals surface area contributed by atoms with Crippen LogP contribution in [0.4, 0.5) is 0 Å². The molecule has 3 heteroatoms. The molecule has 3 rings (SSSR count). The van der Waals surface area contributed by atoms with Gasteiger partial charge in [0.2, 0.25) is 0 Å². The molecular weight excluding hydrogens is 298 g/mol. The summed E-state index contributed by atoms with van der Waals surface area (Å²) < 4.78 is 0. The summed E-state index contributed by atoms with van der Waals surface area (Å²) in [5.41, 5.74) is 3.57. The number of rotatable bonds is 4. The third-order valence-corrected chi connectivity index (χ3v) is 3.98. The molecule has 1 N–H and O–H groups in total. The molecule has 0 aliphatic heterocycles. The summed E-state index contributed by atoms with van der Waals surface area (Å²) in [5.74, 6) is 0.134. The van der Waals surface area contributed by atoms with Crippen molar-refractivity contribution in [2.45, 2.75) is 6.54 Å². The largest absolute Gasteiger partial charge is 0.508 e. The van der Waals surface area contributed by atoms with Crippen LogP contribution in [0.15, 0.2) is 78.9 Å². The number of carbonyl (C=O) groups is 1. The van der Waals surface area contributed by atoms with Crippen LogP contribution in [0.25, 0.3) is 11.1 Å². The first-order valence-electron chi connectivity index (χ1n) is 7.83. The van der Waals surface area contributed by atoms with Gasteiger partial charge in [-0.2, -0.15) is 0 Å². The molecule has 0 unspecified atom stereocenters. The molecule has 0 aliphatic carbocycles. The molecule has 0 bridgehead atoms. The number of hydrogen-bond donors (Lipinski definition) is 1. The summed E-state index contributed by atoms with van der Waals surface area (Å²) in [6.45, 7) is 0.367. The van der Waals surface area contributed by atoms with Gasteiger partial charge < -0.3 is 10.0 Å². The van der Waals surface area contributed by atoms with Crippen molar-refractivity contribution >= 4 is 5.91 Å². The highest BCUT2D eigenvalue weighted by atomic mass is 16.3. The molecule has 0 radical (unpaired) electrons. The number of hydrogen-bond acceptors (Lipinski definition) is 2. The van der Waals surface area contributed by atoms with Gasteiger partial charge in [-0.15, -0.1) is 0 Å². The van der Waals surface area contributed by atoms with Crippen LogP contribution in [0.2, 0.25) is 0 Å². The van der Waals surface area contributed by atoms with Crippen LogP contribution in [-0.4, -0.2) is 23.0 Å². The number of aromatic hydroxyl groups is 1. The van der Waals surface area contributed by atoms with E-state index in [0.717, 1.165) is 16.7 Å². The molecule has 0 fully saturated rings. The maximum Gasteiger partial charge on any atom is 0.253 e. The Bertz CT molecular complexity index is 826. The van der Waals surface area contributed by atoms with Crippen LogP contribution in [0.3, 0.4) is 0 Å². The molecule has 120 valence electrons. The number of nitrogens with zero attached hydrogens (tertiary/aromatic N) is 1. The average Bonchev–Trinajstić information content (AvgIpc) is 2.64. The van der Waals surface area contributed by atoms with E-state index in [4.69, 9.17) is 0 Å². The van der Waals surface area contributed by atoms with E-state index in [-0.39, 0.29) is 11.7 Å². The first-order chi connectivity index (χ1) is 11.6. The maximum atomic E-state index is 12.6. The van der Waals surface area contributed by atoms with E-state index in [2.05, 4.69) is 0 Å². The highest BCUT2D eigenvalue weighted by Gasteiger charge is 2.13. The molecule has 0 heterocycles. The van der Waals surface area contributed by atoms with Gasteiger partial charge >= 0.3 is 0 Å². The highest BCUT2D eigenvalue weighted by Crippen LogP contribution is 2.21. The Morgan fingerprint density at radius 3 is 2.08 bits per heavy atom. The number of benzene rings is 3. The van der Waals surface area contributed by atoms with Crippen molar-refractivity contribution in [1.82, 2.24) is 4.90 Å². The smallest absolute Gasteiger partial charge is 0.253 e. The number of phenolic OH excluding ortho intramolecular Hbond substituents is 1. The highest BCUT2D eigenvalue weighted by molar-refractivity contribution is 5.94. The van der Waals surface area contributed by atoms with E-state index < -0.39 is 0 Å². The van der Waals surface area contributed by atoms with Crippen molar-refractivity contribution in [1.29, 1.82) is 0 Å². The Kier molecular flexibility index (Phi) is 4.62. The molecule has 0 saturated heterocycles. The second-order valence-electron chi connectivity index (χ2n) is 5.73. The zero-order valence-electron chi connectivity index (χ0n) is 13.5. The topological polar surface area (TPSA) is 40.5 Å². The molecule has 0 spiro atoms. The molecular formula is C21H19NO2.